The number of hydrogen-bond acceptors (Lipinski definition) is 7. The van der Waals surface area contributed by atoms with Crippen molar-refractivity contribution in [3.63, 3.8) is 0 Å². The normalized spacial score (nSPS) is 12.1. The van der Waals surface area contributed by atoms with Gasteiger partial charge in [-0.2, -0.15) is 0 Å². The standard InChI is InChI=1S/C27H18ClN3O6/c28-17-11-19(31-21(32)13-18-22(24(31)29)26(34)30-25(18)33)23(36-14-15-7-3-1-4-8-15)20(12-17)37-27(35)16-9-5-2-6-10-16/h1-13H,14,29H2,(H,30,33,34). The first-order chi connectivity index (χ1) is 17.8. The molecule has 0 saturated heterocycles. The number of ether oxygens (including phenoxy) is 2. The molecule has 2 heterocycles. The molecule has 0 saturated carbocycles. The number of carbonyl (C=O) groups excluding carboxylic acids is 3. The van der Waals surface area contributed by atoms with Gasteiger partial charge >= 0.3 is 5.97 Å². The Morgan fingerprint density at radius 3 is 2.30 bits per heavy atom. The topological polar surface area (TPSA) is 130 Å². The van der Waals surface area contributed by atoms with Gasteiger partial charge in [-0.3, -0.25) is 24.3 Å². The number of nitrogens with two attached hydrogens (primary N) is 1. The van der Waals surface area contributed by atoms with E-state index < -0.39 is 23.3 Å². The molecule has 1 aliphatic heterocycles. The zero-order chi connectivity index (χ0) is 26.1. The van der Waals surface area contributed by atoms with Crippen LogP contribution < -0.4 is 26.1 Å². The van der Waals surface area contributed by atoms with E-state index in [1.165, 1.54) is 12.1 Å². The SMILES string of the molecule is Nc1c2c(cc(=O)n1-c1cc(Cl)cc(OC(=O)c3ccccc3)c1OCc1ccccc1)C(=O)NC2=O. The van der Waals surface area contributed by atoms with Gasteiger partial charge in [-0.15, -0.1) is 0 Å². The zero-order valence-electron chi connectivity index (χ0n) is 19.1. The Morgan fingerprint density at radius 2 is 1.59 bits per heavy atom. The molecule has 10 heteroatoms. The number of esters is 1. The summed E-state index contributed by atoms with van der Waals surface area (Å²) >= 11 is 6.36. The number of nitrogens with one attached hydrogen (secondary N) is 1. The number of pyridine rings is 1. The van der Waals surface area contributed by atoms with Crippen molar-refractivity contribution in [2.75, 3.05) is 5.73 Å². The largest absolute Gasteiger partial charge is 0.483 e. The van der Waals surface area contributed by atoms with Crippen molar-refractivity contribution in [3.05, 3.63) is 116 Å². The summed E-state index contributed by atoms with van der Waals surface area (Å²) < 4.78 is 12.7. The third-order valence-electron chi connectivity index (χ3n) is 5.63. The van der Waals surface area contributed by atoms with Crippen molar-refractivity contribution in [2.45, 2.75) is 6.61 Å². The van der Waals surface area contributed by atoms with E-state index in [-0.39, 0.29) is 51.3 Å². The van der Waals surface area contributed by atoms with Gasteiger partial charge in [0.25, 0.3) is 17.4 Å². The molecule has 0 bridgehead atoms. The summed E-state index contributed by atoms with van der Waals surface area (Å²) in [5, 5.41) is 2.22. The van der Waals surface area contributed by atoms with Crippen LogP contribution in [0.4, 0.5) is 5.82 Å². The lowest BCUT2D eigenvalue weighted by atomic mass is 10.1. The van der Waals surface area contributed by atoms with E-state index in [0.717, 1.165) is 16.2 Å². The molecule has 3 N–H and O–H groups in total. The van der Waals surface area contributed by atoms with Crippen molar-refractivity contribution in [3.8, 4) is 17.2 Å². The Hall–Kier alpha value is -4.89. The number of rotatable bonds is 6. The maximum absolute atomic E-state index is 13.1. The van der Waals surface area contributed by atoms with Crippen molar-refractivity contribution in [1.29, 1.82) is 0 Å². The lowest BCUT2D eigenvalue weighted by molar-refractivity contribution is 0.0726. The molecule has 2 amide bonds. The molecule has 0 atom stereocenters. The average molecular weight is 516 g/mol. The van der Waals surface area contributed by atoms with Crippen LogP contribution in [0.2, 0.25) is 5.02 Å². The van der Waals surface area contributed by atoms with Crippen molar-refractivity contribution >= 4 is 35.2 Å². The van der Waals surface area contributed by atoms with Crippen LogP contribution in [0, 0.1) is 0 Å². The molecule has 0 fully saturated rings. The Balaban J connectivity index is 1.67. The number of amides is 2. The number of nitrogen functional groups attached to an aromatic ring is 1. The third kappa shape index (κ3) is 4.55. The predicted molar refractivity (Wildman–Crippen MR) is 135 cm³/mol. The van der Waals surface area contributed by atoms with Crippen LogP contribution in [0.15, 0.2) is 83.7 Å². The minimum Gasteiger partial charge on any atom is -0.483 e. The number of fused-ring (bicyclic) bond motifs is 1. The van der Waals surface area contributed by atoms with E-state index >= 15 is 0 Å². The summed E-state index contributed by atoms with van der Waals surface area (Å²) in [5.74, 6) is -2.53. The first kappa shape index (κ1) is 23.8. The predicted octanol–water partition coefficient (Wildman–Crippen LogP) is 3.75. The summed E-state index contributed by atoms with van der Waals surface area (Å²) in [5.41, 5.74) is 6.33. The van der Waals surface area contributed by atoms with Crippen LogP contribution in [-0.4, -0.2) is 22.4 Å². The molecule has 1 aromatic heterocycles. The fourth-order valence-electron chi connectivity index (χ4n) is 3.93. The highest BCUT2D eigenvalue weighted by atomic mass is 35.5. The fourth-order valence-corrected chi connectivity index (χ4v) is 4.13. The maximum Gasteiger partial charge on any atom is 0.343 e. The second-order valence-electron chi connectivity index (χ2n) is 8.06. The van der Waals surface area contributed by atoms with E-state index in [4.69, 9.17) is 26.8 Å². The molecule has 1 aliphatic rings. The third-order valence-corrected chi connectivity index (χ3v) is 5.85. The number of anilines is 1. The van der Waals surface area contributed by atoms with Crippen LogP contribution in [0.1, 0.15) is 36.6 Å². The number of carbonyl (C=O) groups is 3. The van der Waals surface area contributed by atoms with Gasteiger partial charge in [-0.25, -0.2) is 4.79 Å². The average Bonchev–Trinajstić information content (AvgIpc) is 3.17. The number of nitrogens with zero attached hydrogens (tertiary/aromatic N) is 1. The fraction of sp³-hybridized carbons (Fsp3) is 0.0370. The minimum atomic E-state index is -0.740. The maximum atomic E-state index is 13.1. The lowest BCUT2D eigenvalue weighted by Crippen LogP contribution is -2.25. The highest BCUT2D eigenvalue weighted by Gasteiger charge is 2.33. The molecular formula is C27H18ClN3O6. The highest BCUT2D eigenvalue weighted by molar-refractivity contribution is 6.31. The van der Waals surface area contributed by atoms with Gasteiger partial charge in [0.05, 0.1) is 22.4 Å². The number of aromatic nitrogens is 1. The Bertz CT molecular complexity index is 1620. The molecule has 0 radical (unpaired) electrons. The van der Waals surface area contributed by atoms with Crippen molar-refractivity contribution in [1.82, 2.24) is 9.88 Å². The van der Waals surface area contributed by atoms with Gasteiger partial charge in [0.1, 0.15) is 12.4 Å². The minimum absolute atomic E-state index is 0.0176. The van der Waals surface area contributed by atoms with Crippen LogP contribution >= 0.6 is 11.6 Å². The summed E-state index contributed by atoms with van der Waals surface area (Å²) in [6, 6.07) is 21.2. The van der Waals surface area contributed by atoms with Gasteiger partial charge < -0.3 is 15.2 Å². The van der Waals surface area contributed by atoms with Gasteiger partial charge in [-0.05, 0) is 23.8 Å². The van der Waals surface area contributed by atoms with Gasteiger partial charge in [0.2, 0.25) is 0 Å². The Kier molecular flexibility index (Phi) is 6.21. The van der Waals surface area contributed by atoms with Gasteiger partial charge in [0.15, 0.2) is 11.5 Å². The first-order valence-corrected chi connectivity index (χ1v) is 11.4. The summed E-state index contributed by atoms with van der Waals surface area (Å²) in [6.45, 7) is 0.0456. The molecule has 37 heavy (non-hydrogen) atoms. The van der Waals surface area contributed by atoms with E-state index in [1.807, 2.05) is 30.3 Å². The number of imide groups is 1. The highest BCUT2D eigenvalue weighted by Crippen LogP contribution is 2.39. The zero-order valence-corrected chi connectivity index (χ0v) is 19.8. The van der Waals surface area contributed by atoms with Crippen molar-refractivity contribution in [2.24, 2.45) is 0 Å². The second-order valence-corrected chi connectivity index (χ2v) is 8.49. The summed E-state index contributed by atoms with van der Waals surface area (Å²) in [4.78, 5) is 50.4. The molecule has 9 nitrogen and oxygen atoms in total. The molecule has 3 aromatic carbocycles. The number of benzene rings is 3. The first-order valence-electron chi connectivity index (χ1n) is 11.0. The van der Waals surface area contributed by atoms with Crippen molar-refractivity contribution < 1.29 is 23.9 Å². The lowest BCUT2D eigenvalue weighted by Gasteiger charge is -2.19. The summed E-state index contributed by atoms with van der Waals surface area (Å²) in [7, 11) is 0. The van der Waals surface area contributed by atoms with E-state index in [1.54, 1.807) is 30.3 Å². The van der Waals surface area contributed by atoms with Gasteiger partial charge in [-0.1, -0.05) is 60.1 Å². The van der Waals surface area contributed by atoms with E-state index in [0.29, 0.717) is 0 Å². The molecule has 4 aromatic rings. The molecule has 184 valence electrons. The molecule has 0 unspecified atom stereocenters. The van der Waals surface area contributed by atoms with Crippen LogP contribution in [0.5, 0.6) is 11.5 Å². The second kappa shape index (κ2) is 9.63. The van der Waals surface area contributed by atoms with Gasteiger partial charge in [0, 0.05) is 17.2 Å². The monoisotopic (exact) mass is 515 g/mol. The number of halogens is 1. The summed E-state index contributed by atoms with van der Waals surface area (Å²) in [6.07, 6.45) is 0. The number of hydrogen-bond donors (Lipinski definition) is 2. The van der Waals surface area contributed by atoms with Crippen LogP contribution in [-0.2, 0) is 6.61 Å². The quantitative estimate of drug-likeness (QED) is 0.227. The molecule has 0 spiro atoms. The molecule has 0 aliphatic carbocycles. The van der Waals surface area contributed by atoms with Crippen LogP contribution in [0.3, 0.4) is 0 Å². The Morgan fingerprint density at radius 1 is 0.919 bits per heavy atom. The van der Waals surface area contributed by atoms with E-state index in [2.05, 4.69) is 5.32 Å². The van der Waals surface area contributed by atoms with Crippen LogP contribution in [0.25, 0.3) is 5.69 Å². The van der Waals surface area contributed by atoms with E-state index in [9.17, 15) is 19.2 Å². The Labute approximate surface area is 215 Å². The smallest absolute Gasteiger partial charge is 0.343 e. The molecular weight excluding hydrogens is 498 g/mol. The molecule has 5 rings (SSSR count).